The number of carbonyl (C=O) groups excluding carboxylic acids is 1. The first-order chi connectivity index (χ1) is 9.45. The second-order valence-corrected chi connectivity index (χ2v) is 5.64. The van der Waals surface area contributed by atoms with Crippen LogP contribution in [0.25, 0.3) is 0 Å². The van der Waals surface area contributed by atoms with Gasteiger partial charge in [-0.3, -0.25) is 14.9 Å². The number of nitro benzene ring substituents is 1. The molecule has 1 fully saturated rings. The van der Waals surface area contributed by atoms with Crippen LogP contribution in [0.2, 0.25) is 0 Å². The van der Waals surface area contributed by atoms with Gasteiger partial charge in [-0.25, -0.2) is 0 Å². The summed E-state index contributed by atoms with van der Waals surface area (Å²) in [4.78, 5) is 24.5. The number of benzene rings is 1. The summed E-state index contributed by atoms with van der Waals surface area (Å²) < 4.78 is 0. The van der Waals surface area contributed by atoms with Gasteiger partial charge in [-0.1, -0.05) is 25.1 Å². The third-order valence-electron chi connectivity index (χ3n) is 3.93. The number of amides is 1. The van der Waals surface area contributed by atoms with Gasteiger partial charge >= 0.3 is 0 Å². The van der Waals surface area contributed by atoms with Crippen molar-refractivity contribution >= 4 is 11.6 Å². The molecule has 0 aromatic heterocycles. The van der Waals surface area contributed by atoms with Crippen molar-refractivity contribution in [1.29, 1.82) is 0 Å². The van der Waals surface area contributed by atoms with Crippen LogP contribution in [0, 0.1) is 15.5 Å². The highest BCUT2D eigenvalue weighted by atomic mass is 16.6. The van der Waals surface area contributed by atoms with Crippen LogP contribution in [0.1, 0.15) is 18.9 Å². The Morgan fingerprint density at radius 2 is 2.20 bits per heavy atom. The third-order valence-corrected chi connectivity index (χ3v) is 3.93. The number of para-hydroxylation sites is 1. The number of nitrogens with zero attached hydrogens (tertiary/aromatic N) is 2. The van der Waals surface area contributed by atoms with E-state index < -0.39 is 4.92 Å². The summed E-state index contributed by atoms with van der Waals surface area (Å²) in [7, 11) is 0. The first kappa shape index (κ1) is 14.5. The number of nitrogens with two attached hydrogens (primary N) is 1. The number of likely N-dealkylation sites (tertiary alicyclic amines) is 1. The van der Waals surface area contributed by atoms with Crippen molar-refractivity contribution in [3.8, 4) is 0 Å². The highest BCUT2D eigenvalue weighted by molar-refractivity contribution is 5.80. The van der Waals surface area contributed by atoms with E-state index in [9.17, 15) is 14.9 Å². The van der Waals surface area contributed by atoms with E-state index in [0.717, 1.165) is 6.42 Å². The van der Waals surface area contributed by atoms with E-state index in [0.29, 0.717) is 25.2 Å². The Kier molecular flexibility index (Phi) is 4.04. The Balaban J connectivity index is 2.08. The molecule has 1 amide bonds. The summed E-state index contributed by atoms with van der Waals surface area (Å²) in [6.45, 7) is 3.91. The van der Waals surface area contributed by atoms with Gasteiger partial charge in [0.1, 0.15) is 0 Å². The van der Waals surface area contributed by atoms with Crippen LogP contribution in [0.5, 0.6) is 0 Å². The zero-order valence-electron chi connectivity index (χ0n) is 11.5. The number of hydrogen-bond donors (Lipinski definition) is 1. The Labute approximate surface area is 117 Å². The van der Waals surface area contributed by atoms with Crippen molar-refractivity contribution in [3.63, 3.8) is 0 Å². The molecular formula is C14H19N3O3. The van der Waals surface area contributed by atoms with Gasteiger partial charge in [0.2, 0.25) is 5.91 Å². The zero-order chi connectivity index (χ0) is 14.8. The molecule has 1 aliphatic heterocycles. The first-order valence-corrected chi connectivity index (χ1v) is 6.65. The van der Waals surface area contributed by atoms with Crippen molar-refractivity contribution in [1.82, 2.24) is 4.90 Å². The average molecular weight is 277 g/mol. The monoisotopic (exact) mass is 277 g/mol. The molecule has 2 N–H and O–H groups in total. The highest BCUT2D eigenvalue weighted by Gasteiger charge is 2.35. The Morgan fingerprint density at radius 3 is 2.80 bits per heavy atom. The van der Waals surface area contributed by atoms with E-state index in [1.807, 2.05) is 0 Å². The Hall–Kier alpha value is -1.95. The number of carbonyl (C=O) groups is 1. The summed E-state index contributed by atoms with van der Waals surface area (Å²) >= 11 is 0. The van der Waals surface area contributed by atoms with Crippen molar-refractivity contribution in [3.05, 3.63) is 39.9 Å². The summed E-state index contributed by atoms with van der Waals surface area (Å²) in [5.74, 6) is -0.0727. The standard InChI is InChI=1S/C14H19N3O3/c1-14(9-15)6-7-16(10-14)13(18)8-11-4-2-3-5-12(11)17(19)20/h2-5H,6-10,15H2,1H3. The molecule has 108 valence electrons. The molecule has 6 heteroatoms. The maximum Gasteiger partial charge on any atom is 0.273 e. The Bertz CT molecular complexity index is 532. The normalized spacial score (nSPS) is 22.0. The molecule has 0 radical (unpaired) electrons. The van der Waals surface area contributed by atoms with Gasteiger partial charge in [0.15, 0.2) is 0 Å². The Morgan fingerprint density at radius 1 is 1.50 bits per heavy atom. The fourth-order valence-electron chi connectivity index (χ4n) is 2.52. The van der Waals surface area contributed by atoms with Crippen LogP contribution in [-0.4, -0.2) is 35.4 Å². The number of hydrogen-bond acceptors (Lipinski definition) is 4. The summed E-state index contributed by atoms with van der Waals surface area (Å²) in [6.07, 6.45) is 0.948. The molecular weight excluding hydrogens is 258 g/mol. The largest absolute Gasteiger partial charge is 0.342 e. The fraction of sp³-hybridized carbons (Fsp3) is 0.500. The van der Waals surface area contributed by atoms with Crippen molar-refractivity contribution in [2.75, 3.05) is 19.6 Å². The second kappa shape index (κ2) is 5.58. The van der Waals surface area contributed by atoms with E-state index >= 15 is 0 Å². The van der Waals surface area contributed by atoms with Crippen LogP contribution in [0.4, 0.5) is 5.69 Å². The maximum absolute atomic E-state index is 12.3. The molecule has 1 saturated heterocycles. The molecule has 1 unspecified atom stereocenters. The SMILES string of the molecule is CC1(CN)CCN(C(=O)Cc2ccccc2[N+](=O)[O-])C1. The zero-order valence-corrected chi connectivity index (χ0v) is 11.5. The predicted octanol–water partition coefficient (Wildman–Crippen LogP) is 1.33. The van der Waals surface area contributed by atoms with Gasteiger partial charge < -0.3 is 10.6 Å². The molecule has 1 aromatic rings. The van der Waals surface area contributed by atoms with Gasteiger partial charge in [0, 0.05) is 24.7 Å². The smallest absolute Gasteiger partial charge is 0.273 e. The van der Waals surface area contributed by atoms with E-state index in [1.165, 1.54) is 6.07 Å². The van der Waals surface area contributed by atoms with Gasteiger partial charge in [-0.05, 0) is 18.4 Å². The number of rotatable bonds is 4. The lowest BCUT2D eigenvalue weighted by molar-refractivity contribution is -0.385. The van der Waals surface area contributed by atoms with Crippen molar-refractivity contribution < 1.29 is 9.72 Å². The summed E-state index contributed by atoms with van der Waals surface area (Å²) in [6, 6.07) is 6.38. The molecule has 1 heterocycles. The van der Waals surface area contributed by atoms with Crippen LogP contribution >= 0.6 is 0 Å². The first-order valence-electron chi connectivity index (χ1n) is 6.65. The molecule has 1 aliphatic rings. The molecule has 0 aliphatic carbocycles. The molecule has 1 atom stereocenters. The van der Waals surface area contributed by atoms with Crippen LogP contribution in [-0.2, 0) is 11.2 Å². The summed E-state index contributed by atoms with van der Waals surface area (Å²) in [5, 5.41) is 10.9. The average Bonchev–Trinajstić information content (AvgIpc) is 2.83. The predicted molar refractivity (Wildman–Crippen MR) is 75.2 cm³/mol. The van der Waals surface area contributed by atoms with Gasteiger partial charge in [-0.2, -0.15) is 0 Å². The van der Waals surface area contributed by atoms with Gasteiger partial charge in [0.25, 0.3) is 5.69 Å². The molecule has 2 rings (SSSR count). The molecule has 1 aromatic carbocycles. The lowest BCUT2D eigenvalue weighted by Gasteiger charge is -2.22. The van der Waals surface area contributed by atoms with Crippen molar-refractivity contribution in [2.24, 2.45) is 11.1 Å². The molecule has 20 heavy (non-hydrogen) atoms. The van der Waals surface area contributed by atoms with E-state index in [4.69, 9.17) is 5.73 Å². The quantitative estimate of drug-likeness (QED) is 0.664. The lowest BCUT2D eigenvalue weighted by atomic mass is 9.90. The molecule has 0 bridgehead atoms. The van der Waals surface area contributed by atoms with E-state index in [2.05, 4.69) is 6.92 Å². The highest BCUT2D eigenvalue weighted by Crippen LogP contribution is 2.29. The molecule has 0 spiro atoms. The minimum absolute atomic E-state index is 0.00151. The van der Waals surface area contributed by atoms with Crippen molar-refractivity contribution in [2.45, 2.75) is 19.8 Å². The lowest BCUT2D eigenvalue weighted by Crippen LogP contribution is -2.35. The van der Waals surface area contributed by atoms with Crippen LogP contribution < -0.4 is 5.73 Å². The topological polar surface area (TPSA) is 89.5 Å². The van der Waals surface area contributed by atoms with E-state index in [1.54, 1.807) is 23.1 Å². The van der Waals surface area contributed by atoms with Crippen LogP contribution in [0.15, 0.2) is 24.3 Å². The molecule has 0 saturated carbocycles. The third kappa shape index (κ3) is 2.96. The summed E-state index contributed by atoms with van der Waals surface area (Å²) in [5.41, 5.74) is 6.15. The minimum atomic E-state index is -0.448. The minimum Gasteiger partial charge on any atom is -0.342 e. The van der Waals surface area contributed by atoms with E-state index in [-0.39, 0.29) is 23.4 Å². The maximum atomic E-state index is 12.3. The second-order valence-electron chi connectivity index (χ2n) is 5.64. The van der Waals surface area contributed by atoms with Gasteiger partial charge in [0.05, 0.1) is 11.3 Å². The van der Waals surface area contributed by atoms with Crippen LogP contribution in [0.3, 0.4) is 0 Å². The fourth-order valence-corrected chi connectivity index (χ4v) is 2.52. The number of nitro groups is 1. The van der Waals surface area contributed by atoms with Gasteiger partial charge in [-0.15, -0.1) is 0 Å². The molecule has 6 nitrogen and oxygen atoms in total.